The number of carboxylic acid groups (broad SMARTS) is 1. The lowest BCUT2D eigenvalue weighted by Gasteiger charge is -2.34. The van der Waals surface area contributed by atoms with E-state index in [2.05, 4.69) is 4.74 Å². The first-order valence-corrected chi connectivity index (χ1v) is 9.25. The van der Waals surface area contributed by atoms with E-state index in [-0.39, 0.29) is 11.3 Å². The standard InChI is InChI=1S/C20H25F3O5/c1-12(2)16(20(22,23)18(25)26)27-17(24)13-7-8-15(14(21)11-13)28-19(3)9-5-4-6-10-19/h7-8,11-12,16H,4-6,9-10H2,1-3H3,(H,25,26)/p-1. The first-order valence-electron chi connectivity index (χ1n) is 9.25. The van der Waals surface area contributed by atoms with Gasteiger partial charge in [-0.05, 0) is 56.7 Å². The van der Waals surface area contributed by atoms with Crippen molar-refractivity contribution >= 4 is 11.9 Å². The highest BCUT2D eigenvalue weighted by atomic mass is 19.3. The summed E-state index contributed by atoms with van der Waals surface area (Å²) in [5.74, 6) is -10.1. The normalized spacial score (nSPS) is 17.8. The predicted molar refractivity (Wildman–Crippen MR) is 92.5 cm³/mol. The molecule has 0 aliphatic heterocycles. The molecule has 0 N–H and O–H groups in total. The van der Waals surface area contributed by atoms with Crippen LogP contribution in [0.3, 0.4) is 0 Å². The Morgan fingerprint density at radius 3 is 2.29 bits per heavy atom. The van der Waals surface area contributed by atoms with Crippen molar-refractivity contribution in [1.29, 1.82) is 0 Å². The van der Waals surface area contributed by atoms with Crippen molar-refractivity contribution in [2.24, 2.45) is 5.92 Å². The molecule has 0 heterocycles. The Bertz CT molecular complexity index is 727. The number of hydrogen-bond acceptors (Lipinski definition) is 5. The molecule has 28 heavy (non-hydrogen) atoms. The predicted octanol–water partition coefficient (Wildman–Crippen LogP) is 3.49. The van der Waals surface area contributed by atoms with Gasteiger partial charge in [0.2, 0.25) is 0 Å². The Morgan fingerprint density at radius 2 is 1.79 bits per heavy atom. The van der Waals surface area contributed by atoms with Crippen molar-refractivity contribution in [3.05, 3.63) is 29.6 Å². The third-order valence-corrected chi connectivity index (χ3v) is 4.90. The summed E-state index contributed by atoms with van der Waals surface area (Å²) in [6, 6.07) is 3.27. The highest BCUT2D eigenvalue weighted by molar-refractivity contribution is 5.90. The zero-order valence-electron chi connectivity index (χ0n) is 16.1. The molecule has 1 unspecified atom stereocenters. The van der Waals surface area contributed by atoms with Crippen molar-refractivity contribution < 1.29 is 37.3 Å². The van der Waals surface area contributed by atoms with Gasteiger partial charge in [0, 0.05) is 0 Å². The lowest BCUT2D eigenvalue weighted by atomic mass is 9.86. The van der Waals surface area contributed by atoms with Gasteiger partial charge in [0.15, 0.2) is 17.7 Å². The first-order chi connectivity index (χ1) is 13.0. The van der Waals surface area contributed by atoms with Gasteiger partial charge in [-0.1, -0.05) is 20.3 Å². The number of rotatable bonds is 7. The molecule has 0 radical (unpaired) electrons. The molecule has 1 saturated carbocycles. The molecule has 5 nitrogen and oxygen atoms in total. The SMILES string of the molecule is CC(C)C(OC(=O)c1ccc(OC2(C)CCCCC2)c(F)c1)C(F)(F)C(=O)[O-]. The molecule has 0 spiro atoms. The number of carbonyl (C=O) groups excluding carboxylic acids is 2. The summed E-state index contributed by atoms with van der Waals surface area (Å²) in [7, 11) is 0. The van der Waals surface area contributed by atoms with E-state index in [1.54, 1.807) is 0 Å². The molecule has 1 aliphatic carbocycles. The van der Waals surface area contributed by atoms with Gasteiger partial charge in [0.25, 0.3) is 0 Å². The van der Waals surface area contributed by atoms with Gasteiger partial charge in [-0.3, -0.25) is 0 Å². The number of carboxylic acids is 1. The number of benzene rings is 1. The van der Waals surface area contributed by atoms with E-state index in [0.29, 0.717) is 0 Å². The quantitative estimate of drug-likeness (QED) is 0.654. The van der Waals surface area contributed by atoms with Crippen LogP contribution in [0.5, 0.6) is 5.75 Å². The number of hydrogen-bond donors (Lipinski definition) is 0. The van der Waals surface area contributed by atoms with E-state index in [0.717, 1.165) is 38.2 Å². The van der Waals surface area contributed by atoms with E-state index in [4.69, 9.17) is 4.74 Å². The summed E-state index contributed by atoms with van der Waals surface area (Å²) < 4.78 is 52.4. The fraction of sp³-hybridized carbons (Fsp3) is 0.600. The molecule has 8 heteroatoms. The Labute approximate surface area is 161 Å². The average Bonchev–Trinajstić information content (AvgIpc) is 2.61. The van der Waals surface area contributed by atoms with Gasteiger partial charge < -0.3 is 19.4 Å². The maximum absolute atomic E-state index is 14.4. The minimum Gasteiger partial charge on any atom is -0.544 e. The summed E-state index contributed by atoms with van der Waals surface area (Å²) >= 11 is 0. The molecule has 0 bridgehead atoms. The van der Waals surface area contributed by atoms with Crippen LogP contribution in [-0.2, 0) is 9.53 Å². The number of esters is 1. The average molecular weight is 401 g/mol. The van der Waals surface area contributed by atoms with E-state index < -0.39 is 41.3 Å². The molecular weight excluding hydrogens is 377 g/mol. The van der Waals surface area contributed by atoms with Crippen molar-refractivity contribution in [3.63, 3.8) is 0 Å². The molecule has 0 amide bonds. The molecule has 1 aromatic carbocycles. The minimum absolute atomic E-state index is 0.0403. The summed E-state index contributed by atoms with van der Waals surface area (Å²) in [4.78, 5) is 22.8. The first kappa shape index (κ1) is 22.0. The minimum atomic E-state index is -4.37. The fourth-order valence-corrected chi connectivity index (χ4v) is 3.31. The Hall–Kier alpha value is -2.25. The van der Waals surface area contributed by atoms with Crippen LogP contribution in [0.15, 0.2) is 18.2 Å². The van der Waals surface area contributed by atoms with Crippen LogP contribution >= 0.6 is 0 Å². The van der Waals surface area contributed by atoms with Gasteiger partial charge in [0.1, 0.15) is 11.6 Å². The van der Waals surface area contributed by atoms with E-state index >= 15 is 0 Å². The van der Waals surface area contributed by atoms with Gasteiger partial charge in [-0.25, -0.2) is 9.18 Å². The number of carbonyl (C=O) groups is 2. The lowest BCUT2D eigenvalue weighted by Crippen LogP contribution is -2.53. The second kappa shape index (κ2) is 8.41. The lowest BCUT2D eigenvalue weighted by molar-refractivity contribution is -0.337. The third-order valence-electron chi connectivity index (χ3n) is 4.90. The Morgan fingerprint density at radius 1 is 1.18 bits per heavy atom. The maximum atomic E-state index is 14.4. The fourth-order valence-electron chi connectivity index (χ4n) is 3.31. The Kier molecular flexibility index (Phi) is 6.62. The van der Waals surface area contributed by atoms with Gasteiger partial charge in [-0.15, -0.1) is 0 Å². The zero-order valence-corrected chi connectivity index (χ0v) is 16.1. The molecule has 156 valence electrons. The molecular formula is C20H24F3O5-. The number of alkyl halides is 2. The van der Waals surface area contributed by atoms with E-state index in [1.807, 2.05) is 6.92 Å². The van der Waals surface area contributed by atoms with E-state index in [9.17, 15) is 27.9 Å². The second-order valence-corrected chi connectivity index (χ2v) is 7.74. The molecule has 1 atom stereocenters. The van der Waals surface area contributed by atoms with Crippen LogP contribution in [-0.4, -0.2) is 29.6 Å². The van der Waals surface area contributed by atoms with Crippen LogP contribution in [0.25, 0.3) is 0 Å². The van der Waals surface area contributed by atoms with Crippen LogP contribution in [0.1, 0.15) is 63.2 Å². The summed E-state index contributed by atoms with van der Waals surface area (Å²) in [5, 5.41) is 10.7. The maximum Gasteiger partial charge on any atom is 0.338 e. The molecule has 2 rings (SSSR count). The molecule has 0 saturated heterocycles. The van der Waals surface area contributed by atoms with Crippen molar-refractivity contribution in [2.75, 3.05) is 0 Å². The topological polar surface area (TPSA) is 75.7 Å². The molecule has 1 fully saturated rings. The highest BCUT2D eigenvalue weighted by Crippen LogP contribution is 2.34. The second-order valence-electron chi connectivity index (χ2n) is 7.74. The van der Waals surface area contributed by atoms with Gasteiger partial charge in [0.05, 0.1) is 5.56 Å². The number of ether oxygens (including phenoxy) is 2. The van der Waals surface area contributed by atoms with E-state index in [1.165, 1.54) is 26.0 Å². The molecule has 1 aliphatic rings. The van der Waals surface area contributed by atoms with Gasteiger partial charge in [-0.2, -0.15) is 8.78 Å². The number of aliphatic carboxylic acids is 1. The summed E-state index contributed by atoms with van der Waals surface area (Å²) in [6.45, 7) is 4.44. The van der Waals surface area contributed by atoms with Crippen molar-refractivity contribution in [2.45, 2.75) is 70.5 Å². The van der Waals surface area contributed by atoms with Crippen LogP contribution < -0.4 is 9.84 Å². The Balaban J connectivity index is 2.15. The smallest absolute Gasteiger partial charge is 0.338 e. The zero-order chi connectivity index (χ0) is 21.1. The molecule has 1 aromatic rings. The third kappa shape index (κ3) is 4.97. The van der Waals surface area contributed by atoms with Crippen LogP contribution in [0, 0.1) is 11.7 Å². The van der Waals surface area contributed by atoms with Crippen LogP contribution in [0.2, 0.25) is 0 Å². The number of halogens is 3. The highest BCUT2D eigenvalue weighted by Gasteiger charge is 2.46. The molecule has 0 aromatic heterocycles. The largest absolute Gasteiger partial charge is 0.544 e. The van der Waals surface area contributed by atoms with Crippen molar-refractivity contribution in [3.8, 4) is 5.75 Å². The summed E-state index contributed by atoms with van der Waals surface area (Å²) in [5.41, 5.74) is -0.820. The monoisotopic (exact) mass is 401 g/mol. The summed E-state index contributed by atoms with van der Waals surface area (Å²) in [6.07, 6.45) is 2.37. The van der Waals surface area contributed by atoms with Crippen LogP contribution in [0.4, 0.5) is 13.2 Å². The van der Waals surface area contributed by atoms with Gasteiger partial charge >= 0.3 is 11.9 Å². The van der Waals surface area contributed by atoms with Crippen molar-refractivity contribution in [1.82, 2.24) is 0 Å².